The second-order valence-corrected chi connectivity index (χ2v) is 6.18. The van der Waals surface area contributed by atoms with E-state index in [1.165, 1.54) is 0 Å². The predicted molar refractivity (Wildman–Crippen MR) is 76.8 cm³/mol. The lowest BCUT2D eigenvalue weighted by Crippen LogP contribution is -2.52. The Balaban J connectivity index is 1.79. The lowest BCUT2D eigenvalue weighted by atomic mass is 9.87. The molecule has 0 spiro atoms. The zero-order valence-electron chi connectivity index (χ0n) is 12.3. The van der Waals surface area contributed by atoms with Gasteiger partial charge in [-0.3, -0.25) is 9.69 Å². The van der Waals surface area contributed by atoms with E-state index in [4.69, 9.17) is 5.73 Å². The number of piperidine rings is 1. The van der Waals surface area contributed by atoms with Crippen LogP contribution in [0.15, 0.2) is 0 Å². The van der Waals surface area contributed by atoms with Crippen molar-refractivity contribution in [2.24, 2.45) is 17.6 Å². The highest BCUT2D eigenvalue weighted by molar-refractivity contribution is 5.78. The van der Waals surface area contributed by atoms with Crippen LogP contribution in [-0.4, -0.2) is 80.0 Å². The zero-order valence-corrected chi connectivity index (χ0v) is 12.3. The molecule has 2 saturated heterocycles. The second-order valence-electron chi connectivity index (χ2n) is 6.18. The van der Waals surface area contributed by atoms with Gasteiger partial charge in [0.15, 0.2) is 0 Å². The van der Waals surface area contributed by atoms with Gasteiger partial charge in [-0.1, -0.05) is 6.92 Å². The molecular weight excluding hydrogens is 240 g/mol. The molecule has 0 aromatic rings. The Labute approximate surface area is 116 Å². The molecule has 2 N–H and O–H groups in total. The number of nitrogens with zero attached hydrogens (tertiary/aromatic N) is 3. The number of piperazine rings is 1. The van der Waals surface area contributed by atoms with E-state index < -0.39 is 0 Å². The van der Waals surface area contributed by atoms with E-state index in [-0.39, 0.29) is 0 Å². The molecular formula is C14H28N4O. The number of hydrogen-bond acceptors (Lipinski definition) is 4. The third-order valence-corrected chi connectivity index (χ3v) is 4.72. The minimum Gasteiger partial charge on any atom is -0.339 e. The first-order chi connectivity index (χ1) is 9.10. The largest absolute Gasteiger partial charge is 0.339 e. The summed E-state index contributed by atoms with van der Waals surface area (Å²) in [4.78, 5) is 18.9. The van der Waals surface area contributed by atoms with Gasteiger partial charge in [0.2, 0.25) is 5.91 Å². The molecule has 19 heavy (non-hydrogen) atoms. The second kappa shape index (κ2) is 6.68. The van der Waals surface area contributed by atoms with Crippen molar-refractivity contribution in [2.75, 3.05) is 59.4 Å². The Morgan fingerprint density at radius 2 is 1.89 bits per heavy atom. The number of carbonyl (C=O) groups excluding carboxylic acids is 1. The number of likely N-dealkylation sites (tertiary alicyclic amines) is 1. The van der Waals surface area contributed by atoms with Crippen LogP contribution in [0.5, 0.6) is 0 Å². The van der Waals surface area contributed by atoms with Crippen molar-refractivity contribution in [3.8, 4) is 0 Å². The van der Waals surface area contributed by atoms with Crippen molar-refractivity contribution in [1.29, 1.82) is 0 Å². The van der Waals surface area contributed by atoms with Crippen molar-refractivity contribution in [3.63, 3.8) is 0 Å². The summed E-state index contributed by atoms with van der Waals surface area (Å²) in [5.74, 6) is 1.53. The first-order valence-corrected chi connectivity index (χ1v) is 7.49. The molecule has 1 amide bonds. The van der Waals surface area contributed by atoms with Crippen LogP contribution in [-0.2, 0) is 4.79 Å². The van der Waals surface area contributed by atoms with Gasteiger partial charge in [-0.15, -0.1) is 0 Å². The Morgan fingerprint density at radius 1 is 1.21 bits per heavy atom. The van der Waals surface area contributed by atoms with Gasteiger partial charge in [0.1, 0.15) is 0 Å². The van der Waals surface area contributed by atoms with E-state index in [9.17, 15) is 4.79 Å². The summed E-state index contributed by atoms with van der Waals surface area (Å²) in [7, 11) is 2.11. The maximum Gasteiger partial charge on any atom is 0.236 e. The highest BCUT2D eigenvalue weighted by atomic mass is 16.2. The lowest BCUT2D eigenvalue weighted by molar-refractivity contribution is -0.134. The number of rotatable bonds is 3. The van der Waals surface area contributed by atoms with Crippen LogP contribution >= 0.6 is 0 Å². The summed E-state index contributed by atoms with van der Waals surface area (Å²) >= 11 is 0. The smallest absolute Gasteiger partial charge is 0.236 e. The number of hydrogen-bond donors (Lipinski definition) is 1. The molecule has 2 aliphatic rings. The molecule has 0 aliphatic carbocycles. The Bertz CT molecular complexity index is 302. The summed E-state index contributed by atoms with van der Waals surface area (Å²) in [6, 6.07) is 0. The summed E-state index contributed by atoms with van der Waals surface area (Å²) in [5, 5.41) is 0. The maximum atomic E-state index is 12.3. The summed E-state index contributed by atoms with van der Waals surface area (Å²) in [5.41, 5.74) is 5.82. The molecule has 0 radical (unpaired) electrons. The average Bonchev–Trinajstić information content (AvgIpc) is 2.41. The molecule has 0 saturated carbocycles. The first-order valence-electron chi connectivity index (χ1n) is 7.49. The summed E-state index contributed by atoms with van der Waals surface area (Å²) < 4.78 is 0. The van der Waals surface area contributed by atoms with E-state index in [0.29, 0.717) is 24.3 Å². The molecule has 2 aliphatic heterocycles. The molecule has 0 bridgehead atoms. The van der Waals surface area contributed by atoms with Crippen LogP contribution < -0.4 is 5.73 Å². The van der Waals surface area contributed by atoms with E-state index in [0.717, 1.165) is 52.2 Å². The van der Waals surface area contributed by atoms with Gasteiger partial charge in [-0.25, -0.2) is 0 Å². The molecule has 5 nitrogen and oxygen atoms in total. The van der Waals surface area contributed by atoms with Gasteiger partial charge >= 0.3 is 0 Å². The third-order valence-electron chi connectivity index (χ3n) is 4.72. The SMILES string of the molecule is CC1CCN(CC(=O)N2CCN(C)CC2)CC1CN. The normalized spacial score (nSPS) is 30.6. The fraction of sp³-hybridized carbons (Fsp3) is 0.929. The van der Waals surface area contributed by atoms with Gasteiger partial charge in [0.25, 0.3) is 0 Å². The molecule has 2 atom stereocenters. The number of amides is 1. The average molecular weight is 268 g/mol. The fourth-order valence-corrected chi connectivity index (χ4v) is 3.02. The van der Waals surface area contributed by atoms with Crippen LogP contribution in [0.25, 0.3) is 0 Å². The van der Waals surface area contributed by atoms with Crippen LogP contribution in [0.1, 0.15) is 13.3 Å². The Hall–Kier alpha value is -0.650. The lowest BCUT2D eigenvalue weighted by Gasteiger charge is -2.38. The van der Waals surface area contributed by atoms with Crippen molar-refractivity contribution in [3.05, 3.63) is 0 Å². The Morgan fingerprint density at radius 3 is 2.53 bits per heavy atom. The molecule has 2 heterocycles. The fourth-order valence-electron chi connectivity index (χ4n) is 3.02. The van der Waals surface area contributed by atoms with E-state index in [1.54, 1.807) is 0 Å². The molecule has 2 unspecified atom stereocenters. The highest BCUT2D eigenvalue weighted by Gasteiger charge is 2.28. The quantitative estimate of drug-likeness (QED) is 0.762. The summed E-state index contributed by atoms with van der Waals surface area (Å²) in [6.07, 6.45) is 1.16. The monoisotopic (exact) mass is 268 g/mol. The van der Waals surface area contributed by atoms with E-state index in [1.807, 2.05) is 4.90 Å². The minimum absolute atomic E-state index is 0.290. The van der Waals surface area contributed by atoms with Crippen LogP contribution in [0.3, 0.4) is 0 Å². The standard InChI is InChI=1S/C14H28N4O/c1-12-3-4-17(10-13(12)9-15)11-14(19)18-7-5-16(2)6-8-18/h12-13H,3-11,15H2,1-2H3. The van der Waals surface area contributed by atoms with Crippen molar-refractivity contribution >= 4 is 5.91 Å². The zero-order chi connectivity index (χ0) is 13.8. The topological polar surface area (TPSA) is 52.8 Å². The number of likely N-dealkylation sites (N-methyl/N-ethyl adjacent to an activating group) is 1. The van der Waals surface area contributed by atoms with E-state index in [2.05, 4.69) is 23.8 Å². The third kappa shape index (κ3) is 3.91. The molecule has 2 fully saturated rings. The van der Waals surface area contributed by atoms with Gasteiger partial charge in [-0.2, -0.15) is 0 Å². The molecule has 110 valence electrons. The van der Waals surface area contributed by atoms with Crippen LogP contribution in [0, 0.1) is 11.8 Å². The number of carbonyl (C=O) groups is 1. The van der Waals surface area contributed by atoms with Gasteiger partial charge < -0.3 is 15.5 Å². The highest BCUT2D eigenvalue weighted by Crippen LogP contribution is 2.22. The van der Waals surface area contributed by atoms with Gasteiger partial charge in [-0.05, 0) is 38.4 Å². The van der Waals surface area contributed by atoms with Gasteiger partial charge in [0, 0.05) is 32.7 Å². The van der Waals surface area contributed by atoms with Crippen LogP contribution in [0.2, 0.25) is 0 Å². The van der Waals surface area contributed by atoms with E-state index >= 15 is 0 Å². The Kier molecular flexibility index (Phi) is 5.19. The molecule has 0 aromatic carbocycles. The molecule has 0 aromatic heterocycles. The maximum absolute atomic E-state index is 12.3. The predicted octanol–water partition coefficient (Wildman–Crippen LogP) is -0.323. The number of nitrogens with two attached hydrogens (primary N) is 1. The van der Waals surface area contributed by atoms with Crippen molar-refractivity contribution in [2.45, 2.75) is 13.3 Å². The van der Waals surface area contributed by atoms with Crippen LogP contribution in [0.4, 0.5) is 0 Å². The van der Waals surface area contributed by atoms with Gasteiger partial charge in [0.05, 0.1) is 6.54 Å². The first kappa shape index (κ1) is 14.8. The van der Waals surface area contributed by atoms with Crippen molar-refractivity contribution < 1.29 is 4.79 Å². The molecule has 2 rings (SSSR count). The minimum atomic E-state index is 0.290. The molecule has 5 heteroatoms. The van der Waals surface area contributed by atoms with Crippen molar-refractivity contribution in [1.82, 2.24) is 14.7 Å². The summed E-state index contributed by atoms with van der Waals surface area (Å²) in [6.45, 7) is 9.35.